The second-order valence-electron chi connectivity index (χ2n) is 5.68. The van der Waals surface area contributed by atoms with Gasteiger partial charge in [-0.1, -0.05) is 6.07 Å². The summed E-state index contributed by atoms with van der Waals surface area (Å²) in [5.74, 6) is 0. The van der Waals surface area contributed by atoms with Crippen LogP contribution in [0.1, 0.15) is 32.6 Å². The molecule has 4 nitrogen and oxygen atoms in total. The summed E-state index contributed by atoms with van der Waals surface area (Å²) in [4.78, 5) is 7.61. The van der Waals surface area contributed by atoms with E-state index < -0.39 is 6.10 Å². The standard InChI is InChI=1S/C15H21N3O/c1-15(2,3)17-10-14(19)13-7-4-6-12(18-13)11-8-5-9-16-11/h4-9,14,16-17,19H,10H2,1-3H3/t14-/m1/s1. The highest BCUT2D eigenvalue weighted by molar-refractivity contribution is 5.54. The number of nitrogens with one attached hydrogen (secondary N) is 2. The van der Waals surface area contributed by atoms with Crippen LogP contribution in [0.3, 0.4) is 0 Å². The van der Waals surface area contributed by atoms with Gasteiger partial charge in [-0.25, -0.2) is 4.98 Å². The van der Waals surface area contributed by atoms with Crippen LogP contribution in [0, 0.1) is 0 Å². The van der Waals surface area contributed by atoms with E-state index in [0.29, 0.717) is 12.2 Å². The van der Waals surface area contributed by atoms with E-state index in [2.05, 4.69) is 36.1 Å². The molecule has 0 spiro atoms. The van der Waals surface area contributed by atoms with Crippen molar-refractivity contribution in [3.8, 4) is 11.4 Å². The monoisotopic (exact) mass is 259 g/mol. The SMILES string of the molecule is CC(C)(C)NC[C@@H](O)c1cccc(-c2ccc[nH]2)n1. The van der Waals surface area contributed by atoms with Crippen molar-refractivity contribution in [3.63, 3.8) is 0 Å². The van der Waals surface area contributed by atoms with Gasteiger partial charge < -0.3 is 15.4 Å². The molecule has 0 saturated carbocycles. The van der Waals surface area contributed by atoms with Crippen LogP contribution in [-0.2, 0) is 0 Å². The summed E-state index contributed by atoms with van der Waals surface area (Å²) < 4.78 is 0. The lowest BCUT2D eigenvalue weighted by Gasteiger charge is -2.22. The van der Waals surface area contributed by atoms with Crippen molar-refractivity contribution < 1.29 is 5.11 Å². The molecule has 1 atom stereocenters. The van der Waals surface area contributed by atoms with Gasteiger partial charge in [-0.3, -0.25) is 0 Å². The molecule has 0 radical (unpaired) electrons. The Morgan fingerprint density at radius 3 is 2.68 bits per heavy atom. The second kappa shape index (κ2) is 5.55. The molecule has 0 bridgehead atoms. The zero-order valence-corrected chi connectivity index (χ0v) is 11.6. The van der Waals surface area contributed by atoms with Crippen LogP contribution in [0.5, 0.6) is 0 Å². The summed E-state index contributed by atoms with van der Waals surface area (Å²) in [6, 6.07) is 9.59. The van der Waals surface area contributed by atoms with Crippen molar-refractivity contribution in [1.29, 1.82) is 0 Å². The number of hydrogen-bond donors (Lipinski definition) is 3. The number of hydrogen-bond acceptors (Lipinski definition) is 3. The molecule has 2 aromatic rings. The number of rotatable bonds is 4. The molecule has 0 amide bonds. The molecule has 4 heteroatoms. The van der Waals surface area contributed by atoms with Crippen LogP contribution in [0.2, 0.25) is 0 Å². The van der Waals surface area contributed by atoms with Crippen LogP contribution < -0.4 is 5.32 Å². The fraction of sp³-hybridized carbons (Fsp3) is 0.400. The largest absolute Gasteiger partial charge is 0.385 e. The summed E-state index contributed by atoms with van der Waals surface area (Å²) >= 11 is 0. The maximum atomic E-state index is 10.2. The first-order chi connectivity index (χ1) is 8.96. The summed E-state index contributed by atoms with van der Waals surface area (Å²) in [5, 5.41) is 13.4. The number of pyridine rings is 1. The first-order valence-corrected chi connectivity index (χ1v) is 6.49. The highest BCUT2D eigenvalue weighted by atomic mass is 16.3. The molecular weight excluding hydrogens is 238 g/mol. The van der Waals surface area contributed by atoms with E-state index in [4.69, 9.17) is 0 Å². The van der Waals surface area contributed by atoms with Gasteiger partial charge in [0, 0.05) is 18.3 Å². The molecule has 2 heterocycles. The lowest BCUT2D eigenvalue weighted by molar-refractivity contribution is 0.159. The molecule has 0 unspecified atom stereocenters. The van der Waals surface area contributed by atoms with Crippen molar-refractivity contribution in [2.75, 3.05) is 6.54 Å². The van der Waals surface area contributed by atoms with Crippen molar-refractivity contribution in [2.24, 2.45) is 0 Å². The average molecular weight is 259 g/mol. The third-order valence-corrected chi connectivity index (χ3v) is 2.81. The predicted molar refractivity (Wildman–Crippen MR) is 76.7 cm³/mol. The highest BCUT2D eigenvalue weighted by Gasteiger charge is 2.15. The summed E-state index contributed by atoms with van der Waals surface area (Å²) in [6.45, 7) is 6.71. The Morgan fingerprint density at radius 1 is 1.26 bits per heavy atom. The fourth-order valence-corrected chi connectivity index (χ4v) is 1.78. The average Bonchev–Trinajstić information content (AvgIpc) is 2.89. The number of nitrogens with zero attached hydrogens (tertiary/aromatic N) is 1. The van der Waals surface area contributed by atoms with E-state index in [-0.39, 0.29) is 5.54 Å². The van der Waals surface area contributed by atoms with Gasteiger partial charge in [0.2, 0.25) is 0 Å². The quantitative estimate of drug-likeness (QED) is 0.790. The van der Waals surface area contributed by atoms with Crippen LogP contribution in [-0.4, -0.2) is 27.2 Å². The zero-order valence-electron chi connectivity index (χ0n) is 11.6. The molecule has 102 valence electrons. The van der Waals surface area contributed by atoms with Gasteiger partial charge in [-0.15, -0.1) is 0 Å². The third kappa shape index (κ3) is 3.91. The molecule has 19 heavy (non-hydrogen) atoms. The van der Waals surface area contributed by atoms with Gasteiger partial charge in [0.15, 0.2) is 0 Å². The number of aliphatic hydroxyl groups excluding tert-OH is 1. The minimum atomic E-state index is -0.603. The normalized spacial score (nSPS) is 13.5. The van der Waals surface area contributed by atoms with Crippen LogP contribution in [0.25, 0.3) is 11.4 Å². The van der Waals surface area contributed by atoms with Gasteiger partial charge in [0.1, 0.15) is 6.10 Å². The molecule has 0 aliphatic carbocycles. The van der Waals surface area contributed by atoms with Crippen molar-refractivity contribution in [2.45, 2.75) is 32.4 Å². The van der Waals surface area contributed by atoms with Crippen molar-refractivity contribution in [3.05, 3.63) is 42.2 Å². The lowest BCUT2D eigenvalue weighted by atomic mass is 10.1. The maximum Gasteiger partial charge on any atom is 0.108 e. The number of aromatic amines is 1. The van der Waals surface area contributed by atoms with Crippen LogP contribution in [0.15, 0.2) is 36.5 Å². The number of β-amino-alcohol motifs (C(OH)–C–C–N with tert-alkyl or cyclic N) is 1. The third-order valence-electron chi connectivity index (χ3n) is 2.81. The Morgan fingerprint density at radius 2 is 2.05 bits per heavy atom. The lowest BCUT2D eigenvalue weighted by Crippen LogP contribution is -2.38. The van der Waals surface area contributed by atoms with E-state index in [1.807, 2.05) is 36.5 Å². The number of aliphatic hydroxyl groups is 1. The number of H-pyrrole nitrogens is 1. The summed E-state index contributed by atoms with van der Waals surface area (Å²) in [7, 11) is 0. The molecule has 0 saturated heterocycles. The van der Waals surface area contributed by atoms with Crippen LogP contribution >= 0.6 is 0 Å². The Kier molecular flexibility index (Phi) is 4.02. The van der Waals surface area contributed by atoms with Crippen LogP contribution in [0.4, 0.5) is 0 Å². The van der Waals surface area contributed by atoms with E-state index in [1.165, 1.54) is 0 Å². The van der Waals surface area contributed by atoms with E-state index in [0.717, 1.165) is 11.4 Å². The van der Waals surface area contributed by atoms with Crippen molar-refractivity contribution in [1.82, 2.24) is 15.3 Å². The van der Waals surface area contributed by atoms with E-state index in [1.54, 1.807) is 0 Å². The summed E-state index contributed by atoms with van der Waals surface area (Å²) in [6.07, 6.45) is 1.26. The minimum absolute atomic E-state index is 0.0158. The first kappa shape index (κ1) is 13.8. The smallest absolute Gasteiger partial charge is 0.108 e. The molecular formula is C15H21N3O. The predicted octanol–water partition coefficient (Wildman–Crippen LogP) is 2.50. The van der Waals surface area contributed by atoms with Gasteiger partial charge in [-0.2, -0.15) is 0 Å². The number of aromatic nitrogens is 2. The Bertz CT molecular complexity index is 514. The zero-order chi connectivity index (χ0) is 13.9. The molecule has 0 fully saturated rings. The topological polar surface area (TPSA) is 60.9 Å². The second-order valence-corrected chi connectivity index (χ2v) is 5.68. The molecule has 3 N–H and O–H groups in total. The Balaban J connectivity index is 2.10. The van der Waals surface area contributed by atoms with Gasteiger partial charge in [0.25, 0.3) is 0 Å². The molecule has 0 aliphatic rings. The van der Waals surface area contributed by atoms with Crippen molar-refractivity contribution >= 4 is 0 Å². The fourth-order valence-electron chi connectivity index (χ4n) is 1.78. The van der Waals surface area contributed by atoms with E-state index in [9.17, 15) is 5.11 Å². The summed E-state index contributed by atoms with van der Waals surface area (Å²) in [5.41, 5.74) is 2.47. The Labute approximate surface area is 113 Å². The first-order valence-electron chi connectivity index (χ1n) is 6.49. The molecule has 2 rings (SSSR count). The highest BCUT2D eigenvalue weighted by Crippen LogP contribution is 2.18. The Hall–Kier alpha value is -1.65. The molecule has 2 aromatic heterocycles. The minimum Gasteiger partial charge on any atom is -0.385 e. The molecule has 0 aromatic carbocycles. The maximum absolute atomic E-state index is 10.2. The van der Waals surface area contributed by atoms with Gasteiger partial charge in [-0.05, 0) is 45.0 Å². The van der Waals surface area contributed by atoms with E-state index >= 15 is 0 Å². The van der Waals surface area contributed by atoms with Gasteiger partial charge >= 0.3 is 0 Å². The molecule has 0 aliphatic heterocycles. The van der Waals surface area contributed by atoms with Gasteiger partial charge in [0.05, 0.1) is 17.1 Å².